The lowest BCUT2D eigenvalue weighted by Crippen LogP contribution is -2.52. The highest BCUT2D eigenvalue weighted by Crippen LogP contribution is 2.26. The summed E-state index contributed by atoms with van der Waals surface area (Å²) in [6.07, 6.45) is 0.858. The summed E-state index contributed by atoms with van der Waals surface area (Å²) < 4.78 is 27.1. The molecule has 22 heavy (non-hydrogen) atoms. The average molecular weight is 347 g/mol. The molecular weight excluding hydrogens is 324 g/mol. The van der Waals surface area contributed by atoms with Crippen molar-refractivity contribution in [3.05, 3.63) is 28.8 Å². The van der Waals surface area contributed by atoms with Gasteiger partial charge in [-0.2, -0.15) is 4.31 Å². The van der Waals surface area contributed by atoms with Crippen LogP contribution in [-0.4, -0.2) is 61.6 Å². The van der Waals surface area contributed by atoms with Gasteiger partial charge in [0.25, 0.3) is 0 Å². The van der Waals surface area contributed by atoms with Crippen molar-refractivity contribution in [1.29, 1.82) is 0 Å². The summed E-state index contributed by atoms with van der Waals surface area (Å²) in [5.41, 5.74) is 0.591. The molecule has 1 heterocycles. The molecule has 0 bridgehead atoms. The Labute approximate surface area is 137 Å². The summed E-state index contributed by atoms with van der Waals surface area (Å²) in [4.78, 5) is 2.43. The van der Waals surface area contributed by atoms with Crippen molar-refractivity contribution in [2.45, 2.75) is 31.2 Å². The normalized spacial score (nSPS) is 19.3. The number of aliphatic hydroxyl groups is 1. The first-order valence-electron chi connectivity index (χ1n) is 7.52. The smallest absolute Gasteiger partial charge is 0.243 e. The van der Waals surface area contributed by atoms with Crippen LogP contribution in [0, 0.1) is 6.92 Å². The molecule has 1 aliphatic rings. The zero-order valence-corrected chi connectivity index (χ0v) is 14.6. The number of rotatable bonds is 5. The van der Waals surface area contributed by atoms with Crippen molar-refractivity contribution in [1.82, 2.24) is 9.21 Å². The van der Waals surface area contributed by atoms with Crippen LogP contribution in [0.4, 0.5) is 0 Å². The van der Waals surface area contributed by atoms with Crippen LogP contribution in [0.25, 0.3) is 0 Å². The number of benzene rings is 1. The topological polar surface area (TPSA) is 60.9 Å². The Morgan fingerprint density at radius 1 is 1.27 bits per heavy atom. The third-order valence-corrected chi connectivity index (χ3v) is 6.76. The molecule has 0 spiro atoms. The maximum Gasteiger partial charge on any atom is 0.243 e. The molecule has 0 aromatic heterocycles. The van der Waals surface area contributed by atoms with E-state index in [-0.39, 0.29) is 17.5 Å². The second-order valence-electron chi connectivity index (χ2n) is 5.55. The Morgan fingerprint density at radius 3 is 2.45 bits per heavy atom. The largest absolute Gasteiger partial charge is 0.395 e. The van der Waals surface area contributed by atoms with E-state index in [1.165, 1.54) is 4.31 Å². The standard InChI is InChI=1S/C15H23ClN2O3S/c1-3-13(11-19)17-7-9-18(10-8-17)22(20,21)15-6-4-5-14(16)12(15)2/h4-6,13,19H,3,7-11H2,1-2H3. The SMILES string of the molecule is CCC(CO)N1CCN(S(=O)(=O)c2cccc(Cl)c2C)CC1. The van der Waals surface area contributed by atoms with E-state index in [2.05, 4.69) is 4.90 Å². The molecule has 1 aromatic carbocycles. The third kappa shape index (κ3) is 3.46. The minimum atomic E-state index is -3.52. The minimum absolute atomic E-state index is 0.108. The van der Waals surface area contributed by atoms with Crippen molar-refractivity contribution in [2.24, 2.45) is 0 Å². The highest BCUT2D eigenvalue weighted by Gasteiger charge is 2.31. The van der Waals surface area contributed by atoms with Crippen molar-refractivity contribution >= 4 is 21.6 Å². The van der Waals surface area contributed by atoms with Gasteiger partial charge in [0.05, 0.1) is 11.5 Å². The Morgan fingerprint density at radius 2 is 1.91 bits per heavy atom. The summed E-state index contributed by atoms with van der Waals surface area (Å²) in [6, 6.07) is 5.07. The van der Waals surface area contributed by atoms with Crippen LogP contribution >= 0.6 is 11.6 Å². The van der Waals surface area contributed by atoms with Gasteiger partial charge in [-0.05, 0) is 31.0 Å². The molecule has 0 aliphatic carbocycles. The molecule has 1 aromatic rings. The molecule has 5 nitrogen and oxygen atoms in total. The fourth-order valence-electron chi connectivity index (χ4n) is 2.82. The lowest BCUT2D eigenvalue weighted by molar-refractivity contribution is 0.0881. The van der Waals surface area contributed by atoms with Gasteiger partial charge in [-0.1, -0.05) is 24.6 Å². The van der Waals surface area contributed by atoms with E-state index in [0.29, 0.717) is 36.8 Å². The molecule has 0 radical (unpaired) electrons. The quantitative estimate of drug-likeness (QED) is 0.882. The summed E-state index contributed by atoms with van der Waals surface area (Å²) in [5.74, 6) is 0. The highest BCUT2D eigenvalue weighted by atomic mass is 35.5. The summed E-state index contributed by atoms with van der Waals surface area (Å²) in [7, 11) is -3.52. The third-order valence-electron chi connectivity index (χ3n) is 4.31. The monoisotopic (exact) mass is 346 g/mol. The van der Waals surface area contributed by atoms with E-state index in [1.807, 2.05) is 6.92 Å². The maximum atomic E-state index is 12.8. The molecule has 2 rings (SSSR count). The number of hydrogen-bond acceptors (Lipinski definition) is 4. The van der Waals surface area contributed by atoms with Gasteiger partial charge in [0.2, 0.25) is 10.0 Å². The number of nitrogens with zero attached hydrogens (tertiary/aromatic N) is 2. The summed E-state index contributed by atoms with van der Waals surface area (Å²) >= 11 is 6.04. The van der Waals surface area contributed by atoms with Crippen LogP contribution in [0.3, 0.4) is 0 Å². The number of aliphatic hydroxyl groups excluding tert-OH is 1. The summed E-state index contributed by atoms with van der Waals surface area (Å²) in [6.45, 7) is 6.01. The van der Waals surface area contributed by atoms with E-state index in [4.69, 9.17) is 11.6 Å². The van der Waals surface area contributed by atoms with Crippen molar-refractivity contribution in [2.75, 3.05) is 32.8 Å². The Balaban J connectivity index is 2.15. The zero-order valence-electron chi connectivity index (χ0n) is 13.0. The van der Waals surface area contributed by atoms with E-state index in [1.54, 1.807) is 25.1 Å². The van der Waals surface area contributed by atoms with Gasteiger partial charge in [0, 0.05) is 37.2 Å². The molecule has 1 N–H and O–H groups in total. The van der Waals surface area contributed by atoms with Crippen LogP contribution in [-0.2, 0) is 10.0 Å². The van der Waals surface area contributed by atoms with Crippen LogP contribution in [0.15, 0.2) is 23.1 Å². The Hall–Kier alpha value is -0.660. The van der Waals surface area contributed by atoms with Crippen molar-refractivity contribution in [3.63, 3.8) is 0 Å². The molecule has 1 saturated heterocycles. The van der Waals surface area contributed by atoms with E-state index >= 15 is 0 Å². The van der Waals surface area contributed by atoms with Gasteiger partial charge in [-0.25, -0.2) is 8.42 Å². The van der Waals surface area contributed by atoms with Crippen LogP contribution in [0.1, 0.15) is 18.9 Å². The fraction of sp³-hybridized carbons (Fsp3) is 0.600. The highest BCUT2D eigenvalue weighted by molar-refractivity contribution is 7.89. The van der Waals surface area contributed by atoms with Gasteiger partial charge in [-0.3, -0.25) is 4.90 Å². The molecule has 1 atom stereocenters. The predicted octanol–water partition coefficient (Wildman–Crippen LogP) is 1.73. The molecule has 0 saturated carbocycles. The van der Waals surface area contributed by atoms with Gasteiger partial charge < -0.3 is 5.11 Å². The Bertz CT molecular complexity index is 609. The molecular formula is C15H23ClN2O3S. The van der Waals surface area contributed by atoms with Crippen LogP contribution < -0.4 is 0 Å². The van der Waals surface area contributed by atoms with Gasteiger partial charge >= 0.3 is 0 Å². The lowest BCUT2D eigenvalue weighted by atomic mass is 10.2. The number of halogens is 1. The predicted molar refractivity (Wildman–Crippen MR) is 87.7 cm³/mol. The molecule has 1 fully saturated rings. The zero-order chi connectivity index (χ0) is 16.3. The maximum absolute atomic E-state index is 12.8. The van der Waals surface area contributed by atoms with Gasteiger partial charge in [0.15, 0.2) is 0 Å². The van der Waals surface area contributed by atoms with Crippen LogP contribution in [0.5, 0.6) is 0 Å². The van der Waals surface area contributed by atoms with E-state index < -0.39 is 10.0 Å². The minimum Gasteiger partial charge on any atom is -0.395 e. The first-order chi connectivity index (χ1) is 10.4. The fourth-order valence-corrected chi connectivity index (χ4v) is 4.72. The molecule has 0 amide bonds. The molecule has 124 valence electrons. The molecule has 1 aliphatic heterocycles. The van der Waals surface area contributed by atoms with E-state index in [0.717, 1.165) is 6.42 Å². The molecule has 7 heteroatoms. The second-order valence-corrected chi connectivity index (χ2v) is 7.86. The van der Waals surface area contributed by atoms with Crippen molar-refractivity contribution < 1.29 is 13.5 Å². The number of piperazine rings is 1. The first-order valence-corrected chi connectivity index (χ1v) is 9.33. The van der Waals surface area contributed by atoms with Gasteiger partial charge in [-0.15, -0.1) is 0 Å². The van der Waals surface area contributed by atoms with Crippen LogP contribution in [0.2, 0.25) is 5.02 Å². The average Bonchev–Trinajstić information content (AvgIpc) is 2.51. The Kier molecular flexibility index (Phi) is 5.85. The second kappa shape index (κ2) is 7.27. The molecule has 1 unspecified atom stereocenters. The van der Waals surface area contributed by atoms with E-state index in [9.17, 15) is 13.5 Å². The lowest BCUT2D eigenvalue weighted by Gasteiger charge is -2.37. The first kappa shape index (κ1) is 17.7. The number of sulfonamides is 1. The summed E-state index contributed by atoms with van der Waals surface area (Å²) in [5, 5.41) is 9.82. The van der Waals surface area contributed by atoms with Gasteiger partial charge in [0.1, 0.15) is 0 Å². The number of hydrogen-bond donors (Lipinski definition) is 1. The van der Waals surface area contributed by atoms with Crippen molar-refractivity contribution in [3.8, 4) is 0 Å².